The summed E-state index contributed by atoms with van der Waals surface area (Å²) in [4.78, 5) is 11.6. The number of aromatic nitrogens is 1. The second-order valence-corrected chi connectivity index (χ2v) is 9.43. The van der Waals surface area contributed by atoms with Gasteiger partial charge in [-0.15, -0.1) is 0 Å². The van der Waals surface area contributed by atoms with E-state index in [1.807, 2.05) is 30.3 Å². The Kier molecular flexibility index (Phi) is 5.50. The standard InChI is InChI=1S/C26H29NO3/c1-26(2,3)21-9-12-22(13-10-21)30-23-11-8-19-14-20(25(28)29)17-27(24(19)15-23)16-18-6-4-5-7-18/h8-15,17-18H,4-7,16H2,1-3H3/p+1. The quantitative estimate of drug-likeness (QED) is 0.522. The molecule has 3 aromatic rings. The van der Waals surface area contributed by atoms with Crippen molar-refractivity contribution < 1.29 is 19.2 Å². The van der Waals surface area contributed by atoms with Gasteiger partial charge in [-0.2, -0.15) is 4.57 Å². The van der Waals surface area contributed by atoms with Crippen LogP contribution in [-0.2, 0) is 12.0 Å². The van der Waals surface area contributed by atoms with E-state index in [-0.39, 0.29) is 5.41 Å². The summed E-state index contributed by atoms with van der Waals surface area (Å²) in [5.41, 5.74) is 2.71. The summed E-state index contributed by atoms with van der Waals surface area (Å²) in [6, 6.07) is 15.8. The first-order chi connectivity index (χ1) is 14.3. The molecule has 0 spiro atoms. The lowest BCUT2D eigenvalue weighted by Gasteiger charge is -2.19. The van der Waals surface area contributed by atoms with Gasteiger partial charge in [-0.1, -0.05) is 45.7 Å². The highest BCUT2D eigenvalue weighted by Crippen LogP contribution is 2.29. The molecular weight excluding hydrogens is 374 g/mol. The van der Waals surface area contributed by atoms with Gasteiger partial charge in [0.2, 0.25) is 5.52 Å². The third kappa shape index (κ3) is 4.48. The SMILES string of the molecule is CC(C)(C)c1ccc(Oc2ccc3cc(C(=O)O)c[n+](CC4CCCC4)c3c2)cc1. The van der Waals surface area contributed by atoms with Crippen LogP contribution in [0.5, 0.6) is 11.5 Å². The first-order valence-corrected chi connectivity index (χ1v) is 10.8. The Hall–Kier alpha value is -2.88. The molecule has 0 saturated heterocycles. The molecule has 2 aromatic carbocycles. The normalized spacial score (nSPS) is 14.9. The number of hydrogen-bond donors (Lipinski definition) is 1. The highest BCUT2D eigenvalue weighted by atomic mass is 16.5. The fourth-order valence-electron chi connectivity index (χ4n) is 4.30. The average Bonchev–Trinajstić information content (AvgIpc) is 3.21. The molecule has 1 saturated carbocycles. The lowest BCUT2D eigenvalue weighted by atomic mass is 9.87. The number of aromatic carboxylic acids is 1. The van der Waals surface area contributed by atoms with Gasteiger partial charge < -0.3 is 9.84 Å². The third-order valence-electron chi connectivity index (χ3n) is 6.05. The Morgan fingerprint density at radius 1 is 1.03 bits per heavy atom. The zero-order chi connectivity index (χ0) is 21.3. The fourth-order valence-corrected chi connectivity index (χ4v) is 4.30. The van der Waals surface area contributed by atoms with Crippen molar-refractivity contribution in [3.63, 3.8) is 0 Å². The van der Waals surface area contributed by atoms with Crippen molar-refractivity contribution in [3.05, 3.63) is 65.9 Å². The van der Waals surface area contributed by atoms with Crippen molar-refractivity contribution in [2.75, 3.05) is 0 Å². The topological polar surface area (TPSA) is 50.4 Å². The highest BCUT2D eigenvalue weighted by molar-refractivity contribution is 5.91. The summed E-state index contributed by atoms with van der Waals surface area (Å²) in [5.74, 6) is 1.27. The van der Waals surface area contributed by atoms with E-state index in [2.05, 4.69) is 37.5 Å². The van der Waals surface area contributed by atoms with Crippen molar-refractivity contribution >= 4 is 16.9 Å². The van der Waals surface area contributed by atoms with Gasteiger partial charge in [0.1, 0.15) is 17.1 Å². The van der Waals surface area contributed by atoms with E-state index in [0.717, 1.165) is 28.9 Å². The van der Waals surface area contributed by atoms with Crippen molar-refractivity contribution in [2.45, 2.75) is 58.4 Å². The first-order valence-electron chi connectivity index (χ1n) is 10.8. The summed E-state index contributed by atoms with van der Waals surface area (Å²) in [6.07, 6.45) is 6.72. The van der Waals surface area contributed by atoms with Gasteiger partial charge in [-0.05, 0) is 54.2 Å². The molecule has 0 bridgehead atoms. The summed E-state index contributed by atoms with van der Waals surface area (Å²) in [7, 11) is 0. The van der Waals surface area contributed by atoms with E-state index >= 15 is 0 Å². The van der Waals surface area contributed by atoms with Crippen molar-refractivity contribution in [2.24, 2.45) is 5.92 Å². The van der Waals surface area contributed by atoms with Gasteiger partial charge in [-0.3, -0.25) is 0 Å². The van der Waals surface area contributed by atoms with Gasteiger partial charge in [0.25, 0.3) is 0 Å². The van der Waals surface area contributed by atoms with Crippen molar-refractivity contribution in [1.82, 2.24) is 0 Å². The van der Waals surface area contributed by atoms with E-state index in [1.54, 1.807) is 12.3 Å². The van der Waals surface area contributed by atoms with Crippen LogP contribution in [0.1, 0.15) is 62.4 Å². The predicted molar refractivity (Wildman–Crippen MR) is 118 cm³/mol. The van der Waals surface area contributed by atoms with Crippen LogP contribution in [0.2, 0.25) is 0 Å². The predicted octanol–water partition coefficient (Wildman–Crippen LogP) is 6.11. The van der Waals surface area contributed by atoms with Crippen LogP contribution in [0, 0.1) is 5.92 Å². The van der Waals surface area contributed by atoms with Crippen LogP contribution in [0.3, 0.4) is 0 Å². The van der Waals surface area contributed by atoms with E-state index < -0.39 is 5.97 Å². The summed E-state index contributed by atoms with van der Waals surface area (Å²) in [5, 5.41) is 10.4. The van der Waals surface area contributed by atoms with Crippen LogP contribution in [0.25, 0.3) is 10.9 Å². The maximum absolute atomic E-state index is 11.6. The Balaban J connectivity index is 1.66. The largest absolute Gasteiger partial charge is 0.477 e. The van der Waals surface area contributed by atoms with Crippen LogP contribution >= 0.6 is 0 Å². The Labute approximate surface area is 178 Å². The number of pyridine rings is 1. The molecule has 1 heterocycles. The maximum Gasteiger partial charge on any atom is 0.341 e. The van der Waals surface area contributed by atoms with Gasteiger partial charge in [0.05, 0.1) is 6.07 Å². The number of hydrogen-bond acceptors (Lipinski definition) is 2. The first kappa shape index (κ1) is 20.4. The van der Waals surface area contributed by atoms with Gasteiger partial charge >= 0.3 is 5.97 Å². The lowest BCUT2D eigenvalue weighted by Crippen LogP contribution is -2.38. The summed E-state index contributed by atoms with van der Waals surface area (Å²) in [6.45, 7) is 7.43. The smallest absolute Gasteiger partial charge is 0.341 e. The van der Waals surface area contributed by atoms with E-state index in [1.165, 1.54) is 31.2 Å². The minimum atomic E-state index is -0.892. The van der Waals surface area contributed by atoms with Gasteiger partial charge in [-0.25, -0.2) is 4.79 Å². The third-order valence-corrected chi connectivity index (χ3v) is 6.05. The van der Waals surface area contributed by atoms with E-state index in [4.69, 9.17) is 4.74 Å². The summed E-state index contributed by atoms with van der Waals surface area (Å²) < 4.78 is 8.23. The summed E-state index contributed by atoms with van der Waals surface area (Å²) >= 11 is 0. The molecule has 0 atom stereocenters. The van der Waals surface area contributed by atoms with Crippen LogP contribution in [0.15, 0.2) is 54.7 Å². The van der Waals surface area contributed by atoms with Crippen LogP contribution in [0.4, 0.5) is 0 Å². The molecule has 4 nitrogen and oxygen atoms in total. The molecule has 1 aliphatic rings. The monoisotopic (exact) mass is 404 g/mol. The molecule has 0 unspecified atom stereocenters. The molecular formula is C26H30NO3+. The zero-order valence-corrected chi connectivity index (χ0v) is 18.0. The molecule has 4 rings (SSSR count). The molecule has 4 heteroatoms. The number of carbonyl (C=O) groups is 1. The molecule has 1 aliphatic carbocycles. The molecule has 0 amide bonds. The highest BCUT2D eigenvalue weighted by Gasteiger charge is 2.23. The number of fused-ring (bicyclic) bond motifs is 1. The van der Waals surface area contributed by atoms with Crippen molar-refractivity contribution in [3.8, 4) is 11.5 Å². The maximum atomic E-state index is 11.6. The second-order valence-electron chi connectivity index (χ2n) is 9.43. The number of nitrogens with zero attached hydrogens (tertiary/aromatic N) is 1. The molecule has 0 radical (unpaired) electrons. The number of carboxylic acids is 1. The van der Waals surface area contributed by atoms with Crippen LogP contribution in [-0.4, -0.2) is 11.1 Å². The Morgan fingerprint density at radius 3 is 2.33 bits per heavy atom. The van der Waals surface area contributed by atoms with Gasteiger partial charge in [0.15, 0.2) is 12.7 Å². The Morgan fingerprint density at radius 2 is 1.70 bits per heavy atom. The number of carboxylic acid groups (broad SMARTS) is 1. The van der Waals surface area contributed by atoms with E-state index in [0.29, 0.717) is 11.5 Å². The minimum absolute atomic E-state index is 0.106. The molecule has 1 aromatic heterocycles. The number of rotatable bonds is 5. The molecule has 1 N–H and O–H groups in total. The average molecular weight is 405 g/mol. The minimum Gasteiger partial charge on any atom is -0.477 e. The molecule has 30 heavy (non-hydrogen) atoms. The zero-order valence-electron chi connectivity index (χ0n) is 18.0. The van der Waals surface area contributed by atoms with Gasteiger partial charge in [0, 0.05) is 11.3 Å². The molecule has 1 fully saturated rings. The fraction of sp³-hybridized carbons (Fsp3) is 0.385. The lowest BCUT2D eigenvalue weighted by molar-refractivity contribution is -0.678. The molecule has 156 valence electrons. The Bertz CT molecular complexity index is 1060. The molecule has 0 aliphatic heterocycles. The second kappa shape index (κ2) is 8.10. The number of ether oxygens (including phenoxy) is 1. The van der Waals surface area contributed by atoms with E-state index in [9.17, 15) is 9.90 Å². The van der Waals surface area contributed by atoms with Crippen molar-refractivity contribution in [1.29, 1.82) is 0 Å². The van der Waals surface area contributed by atoms with Crippen LogP contribution < -0.4 is 9.30 Å². The number of benzene rings is 2.